The average Bonchev–Trinajstić information content (AvgIpc) is 2.67. The van der Waals surface area contributed by atoms with Crippen LogP contribution in [-0.4, -0.2) is 38.7 Å². The van der Waals surface area contributed by atoms with E-state index in [2.05, 4.69) is 5.32 Å². The van der Waals surface area contributed by atoms with Crippen molar-refractivity contribution in [2.24, 2.45) is 0 Å². The molecule has 0 fully saturated rings. The molecule has 12 heteroatoms. The number of nitrogens with zero attached hydrogens (tertiary/aromatic N) is 1. The zero-order valence-corrected chi connectivity index (χ0v) is 16.2. The molecule has 2 N–H and O–H groups in total. The van der Waals surface area contributed by atoms with Gasteiger partial charge >= 0.3 is 11.5 Å². The number of nitrogens with one attached hydrogen (secondary N) is 1. The standard InChI is InChI=1S/C18H16F4N2O5S/c1-2-12(14(26)23-15(13(25)8-19)30-17(28)29)24-6-5-9-3-4-10(18(20,21)22)7-11(9)16(24)27/h3-7,12,15H,2,8H2,1H3,(H,23,26)(H,28,29)/t12-,15?/m0/s1. The highest BCUT2D eigenvalue weighted by molar-refractivity contribution is 8.14. The van der Waals surface area contributed by atoms with Crippen molar-refractivity contribution in [3.63, 3.8) is 0 Å². The normalized spacial score (nSPS) is 13.6. The molecule has 0 aliphatic carbocycles. The molecular weight excluding hydrogens is 432 g/mol. The van der Waals surface area contributed by atoms with Crippen molar-refractivity contribution >= 4 is 39.5 Å². The molecule has 30 heavy (non-hydrogen) atoms. The van der Waals surface area contributed by atoms with Crippen LogP contribution in [0.3, 0.4) is 0 Å². The largest absolute Gasteiger partial charge is 0.473 e. The SMILES string of the molecule is CC[C@@H](C(=O)NC(SC(=O)O)C(=O)CF)n1ccc2ccc(C(F)(F)F)cc2c1=O. The predicted molar refractivity (Wildman–Crippen MR) is 101 cm³/mol. The van der Waals surface area contributed by atoms with Gasteiger partial charge in [-0.2, -0.15) is 13.2 Å². The molecule has 2 atom stereocenters. The Morgan fingerprint density at radius 3 is 2.43 bits per heavy atom. The van der Waals surface area contributed by atoms with Gasteiger partial charge in [-0.25, -0.2) is 9.18 Å². The molecule has 1 amide bonds. The van der Waals surface area contributed by atoms with Crippen molar-refractivity contribution in [3.8, 4) is 0 Å². The minimum atomic E-state index is -4.67. The van der Waals surface area contributed by atoms with Crippen molar-refractivity contribution < 1.29 is 37.1 Å². The number of thioether (sulfide) groups is 1. The van der Waals surface area contributed by atoms with E-state index in [1.165, 1.54) is 19.2 Å². The molecule has 0 spiro atoms. The second-order valence-electron chi connectivity index (χ2n) is 6.12. The van der Waals surface area contributed by atoms with Crippen LogP contribution in [0.25, 0.3) is 10.8 Å². The number of amides is 1. The van der Waals surface area contributed by atoms with Gasteiger partial charge in [-0.05, 0) is 41.8 Å². The number of rotatable bonds is 7. The topological polar surface area (TPSA) is 105 Å². The summed E-state index contributed by atoms with van der Waals surface area (Å²) in [6.07, 6.45) is -3.47. The highest BCUT2D eigenvalue weighted by Gasteiger charge is 2.32. The van der Waals surface area contributed by atoms with Crippen LogP contribution >= 0.6 is 11.8 Å². The number of alkyl halides is 4. The molecule has 1 aromatic heterocycles. The van der Waals surface area contributed by atoms with E-state index in [1.807, 2.05) is 0 Å². The zero-order valence-electron chi connectivity index (χ0n) is 15.4. The highest BCUT2D eigenvalue weighted by Crippen LogP contribution is 2.30. The van der Waals surface area contributed by atoms with Gasteiger partial charge in [0.2, 0.25) is 5.91 Å². The van der Waals surface area contributed by atoms with Crippen molar-refractivity contribution in [2.75, 3.05) is 6.67 Å². The van der Waals surface area contributed by atoms with Gasteiger partial charge in [0.25, 0.3) is 5.56 Å². The number of carboxylic acid groups (broad SMARTS) is 1. The summed E-state index contributed by atoms with van der Waals surface area (Å²) < 4.78 is 52.5. The van der Waals surface area contributed by atoms with E-state index in [4.69, 9.17) is 5.11 Å². The molecule has 0 bridgehead atoms. The van der Waals surface area contributed by atoms with E-state index in [9.17, 15) is 36.7 Å². The third-order valence-electron chi connectivity index (χ3n) is 4.20. The van der Waals surface area contributed by atoms with Gasteiger partial charge < -0.3 is 15.0 Å². The van der Waals surface area contributed by atoms with Gasteiger partial charge in [0.1, 0.15) is 11.4 Å². The number of Topliss-reactive ketones (excluding diaryl/α,β-unsaturated/α-hetero) is 1. The molecule has 0 saturated carbocycles. The number of carbonyl (C=O) groups is 3. The number of hydrogen-bond donors (Lipinski definition) is 2. The molecule has 162 valence electrons. The number of halogens is 4. The molecule has 0 saturated heterocycles. The van der Waals surface area contributed by atoms with E-state index in [0.29, 0.717) is 6.07 Å². The quantitative estimate of drug-likeness (QED) is 0.497. The van der Waals surface area contributed by atoms with Crippen LogP contribution in [0, 0.1) is 0 Å². The number of aromatic nitrogens is 1. The molecule has 1 aromatic carbocycles. The Hall–Kier alpha value is -2.89. The molecule has 2 aromatic rings. The highest BCUT2D eigenvalue weighted by atomic mass is 32.2. The number of fused-ring (bicyclic) bond motifs is 1. The lowest BCUT2D eigenvalue weighted by molar-refractivity contribution is -0.137. The first-order chi connectivity index (χ1) is 14.0. The first-order valence-electron chi connectivity index (χ1n) is 8.50. The molecule has 7 nitrogen and oxygen atoms in total. The minimum absolute atomic E-state index is 0.00944. The van der Waals surface area contributed by atoms with Gasteiger partial charge in [0.15, 0.2) is 12.5 Å². The molecule has 0 radical (unpaired) electrons. The summed E-state index contributed by atoms with van der Waals surface area (Å²) in [6, 6.07) is 2.72. The monoisotopic (exact) mass is 448 g/mol. The Morgan fingerprint density at radius 2 is 1.90 bits per heavy atom. The molecular formula is C18H16F4N2O5S. The second-order valence-corrected chi connectivity index (χ2v) is 7.18. The van der Waals surface area contributed by atoms with Crippen molar-refractivity contribution in [3.05, 3.63) is 46.4 Å². The lowest BCUT2D eigenvalue weighted by Crippen LogP contribution is -2.44. The van der Waals surface area contributed by atoms with E-state index in [1.54, 1.807) is 0 Å². The molecule has 1 unspecified atom stereocenters. The molecule has 0 aliphatic rings. The Bertz CT molecular complexity index is 1040. The lowest BCUT2D eigenvalue weighted by atomic mass is 10.1. The fourth-order valence-electron chi connectivity index (χ4n) is 2.76. The number of carbonyl (C=O) groups excluding carboxylic acids is 2. The predicted octanol–water partition coefficient (Wildman–Crippen LogP) is 3.36. The minimum Gasteiger partial charge on any atom is -0.473 e. The summed E-state index contributed by atoms with van der Waals surface area (Å²) >= 11 is -0.0221. The molecule has 1 heterocycles. The summed E-state index contributed by atoms with van der Waals surface area (Å²) in [5.41, 5.74) is -1.91. The van der Waals surface area contributed by atoms with Crippen LogP contribution in [0.5, 0.6) is 0 Å². The third kappa shape index (κ3) is 5.17. The van der Waals surface area contributed by atoms with E-state index in [-0.39, 0.29) is 29.0 Å². The van der Waals surface area contributed by atoms with Gasteiger partial charge in [0, 0.05) is 11.6 Å². The Balaban J connectivity index is 2.45. The summed E-state index contributed by atoms with van der Waals surface area (Å²) in [5.74, 6) is -2.14. The zero-order chi connectivity index (χ0) is 22.6. The Morgan fingerprint density at radius 1 is 1.23 bits per heavy atom. The van der Waals surface area contributed by atoms with Gasteiger partial charge in [0.05, 0.1) is 5.56 Å². The Kier molecular flexibility index (Phi) is 7.24. The number of ketones is 1. The second kappa shape index (κ2) is 9.28. The number of benzene rings is 1. The van der Waals surface area contributed by atoms with Crippen molar-refractivity contribution in [1.29, 1.82) is 0 Å². The summed E-state index contributed by atoms with van der Waals surface area (Å²) in [6.45, 7) is -0.0124. The van der Waals surface area contributed by atoms with E-state index >= 15 is 0 Å². The van der Waals surface area contributed by atoms with Crippen LogP contribution in [0.15, 0.2) is 35.3 Å². The van der Waals surface area contributed by atoms with Crippen LogP contribution in [-0.2, 0) is 15.8 Å². The number of hydrogen-bond acceptors (Lipinski definition) is 5. The third-order valence-corrected chi connectivity index (χ3v) is 5.02. The van der Waals surface area contributed by atoms with E-state index < -0.39 is 52.4 Å². The number of pyridine rings is 1. The summed E-state index contributed by atoms with van der Waals surface area (Å²) in [5, 5.41) is 7.58. The maximum Gasteiger partial charge on any atom is 0.416 e. The van der Waals surface area contributed by atoms with Gasteiger partial charge in [-0.15, -0.1) is 0 Å². The van der Waals surface area contributed by atoms with Crippen LogP contribution in [0.4, 0.5) is 22.4 Å². The lowest BCUT2D eigenvalue weighted by Gasteiger charge is -2.21. The van der Waals surface area contributed by atoms with Gasteiger partial charge in [-0.3, -0.25) is 14.4 Å². The fraction of sp³-hybridized carbons (Fsp3) is 0.333. The summed E-state index contributed by atoms with van der Waals surface area (Å²) in [7, 11) is 0. The maximum absolute atomic E-state index is 13.0. The first kappa shape index (κ1) is 23.4. The van der Waals surface area contributed by atoms with Crippen LogP contribution in [0.2, 0.25) is 0 Å². The maximum atomic E-state index is 13.0. The molecule has 2 rings (SSSR count). The van der Waals surface area contributed by atoms with Crippen LogP contribution < -0.4 is 10.9 Å². The van der Waals surface area contributed by atoms with Crippen molar-refractivity contribution in [2.45, 2.75) is 30.9 Å². The van der Waals surface area contributed by atoms with E-state index in [0.717, 1.165) is 16.7 Å². The van der Waals surface area contributed by atoms with Gasteiger partial charge in [-0.1, -0.05) is 13.0 Å². The Labute approximate surface area is 171 Å². The fourth-order valence-corrected chi connectivity index (χ4v) is 3.33. The smallest absolute Gasteiger partial charge is 0.416 e. The average molecular weight is 448 g/mol. The van der Waals surface area contributed by atoms with Crippen LogP contribution in [0.1, 0.15) is 24.9 Å². The van der Waals surface area contributed by atoms with Crippen molar-refractivity contribution in [1.82, 2.24) is 9.88 Å². The summed E-state index contributed by atoms with van der Waals surface area (Å²) in [4.78, 5) is 47.7. The molecule has 0 aliphatic heterocycles. The first-order valence-corrected chi connectivity index (χ1v) is 9.38.